The molecule has 3 aromatic carbocycles. The number of sulfonamides is 1. The Bertz CT molecular complexity index is 1290. The summed E-state index contributed by atoms with van der Waals surface area (Å²) in [5, 5.41) is 11.2. The lowest BCUT2D eigenvalue weighted by atomic mass is 9.94. The summed E-state index contributed by atoms with van der Waals surface area (Å²) < 4.78 is 34.1. The van der Waals surface area contributed by atoms with Crippen LogP contribution in [0.5, 0.6) is 0 Å². The zero-order valence-corrected chi connectivity index (χ0v) is 15.7. The Labute approximate surface area is 161 Å². The number of rotatable bonds is 5. The molecular weight excluding hydrogens is 378 g/mol. The van der Waals surface area contributed by atoms with Gasteiger partial charge in [0.2, 0.25) is 10.0 Å². The van der Waals surface area contributed by atoms with Crippen molar-refractivity contribution in [1.29, 1.82) is 0 Å². The van der Waals surface area contributed by atoms with E-state index in [0.29, 0.717) is 22.1 Å². The number of furan rings is 1. The number of carboxylic acid groups (broad SMARTS) is 1. The van der Waals surface area contributed by atoms with Crippen LogP contribution in [0.15, 0.2) is 82.1 Å². The molecule has 4 aromatic rings. The number of carboxylic acids is 1. The molecule has 7 heteroatoms. The zero-order chi connectivity index (χ0) is 19.9. The van der Waals surface area contributed by atoms with Crippen molar-refractivity contribution in [1.82, 2.24) is 4.72 Å². The molecule has 142 valence electrons. The molecule has 0 saturated heterocycles. The number of para-hydroxylation sites is 1. The van der Waals surface area contributed by atoms with Crippen LogP contribution in [0.1, 0.15) is 12.5 Å². The summed E-state index contributed by atoms with van der Waals surface area (Å²) in [4.78, 5) is 11.9. The number of nitrogens with one attached hydrogen (secondary N) is 1. The van der Waals surface area contributed by atoms with E-state index in [1.807, 2.05) is 18.2 Å². The molecule has 0 aliphatic heterocycles. The monoisotopic (exact) mass is 395 g/mol. The topological polar surface area (TPSA) is 96.6 Å². The molecule has 28 heavy (non-hydrogen) atoms. The number of fused-ring (bicyclic) bond motifs is 3. The second kappa shape index (κ2) is 6.47. The van der Waals surface area contributed by atoms with E-state index in [-0.39, 0.29) is 4.90 Å². The maximum Gasteiger partial charge on any atom is 0.329 e. The van der Waals surface area contributed by atoms with Crippen molar-refractivity contribution in [2.45, 2.75) is 17.4 Å². The first-order valence-corrected chi connectivity index (χ1v) is 10.0. The molecule has 4 rings (SSSR count). The Morgan fingerprint density at radius 1 is 0.929 bits per heavy atom. The van der Waals surface area contributed by atoms with Gasteiger partial charge >= 0.3 is 5.97 Å². The minimum atomic E-state index is -4.12. The third-order valence-electron chi connectivity index (χ3n) is 4.78. The van der Waals surface area contributed by atoms with Gasteiger partial charge in [-0.05, 0) is 36.8 Å². The van der Waals surface area contributed by atoms with Crippen LogP contribution in [0.4, 0.5) is 0 Å². The molecule has 1 heterocycles. The van der Waals surface area contributed by atoms with Gasteiger partial charge < -0.3 is 9.52 Å². The van der Waals surface area contributed by atoms with Crippen molar-refractivity contribution in [3.8, 4) is 0 Å². The SMILES string of the molecule is CC(NS(=O)(=O)c1ccc2oc3ccccc3c2c1)(C(=O)O)c1ccccc1. The minimum Gasteiger partial charge on any atom is -0.480 e. The van der Waals surface area contributed by atoms with E-state index in [2.05, 4.69) is 4.72 Å². The average molecular weight is 395 g/mol. The Balaban J connectivity index is 1.81. The molecule has 2 N–H and O–H groups in total. The van der Waals surface area contributed by atoms with Crippen LogP contribution in [0.2, 0.25) is 0 Å². The van der Waals surface area contributed by atoms with Crippen LogP contribution in [0.25, 0.3) is 21.9 Å². The second-order valence-corrected chi connectivity index (χ2v) is 8.34. The minimum absolute atomic E-state index is 0.0324. The van der Waals surface area contributed by atoms with E-state index in [4.69, 9.17) is 4.42 Å². The normalized spacial score (nSPS) is 14.2. The van der Waals surface area contributed by atoms with E-state index in [0.717, 1.165) is 5.39 Å². The lowest BCUT2D eigenvalue weighted by Crippen LogP contribution is -2.49. The summed E-state index contributed by atoms with van der Waals surface area (Å²) in [7, 11) is -4.12. The first-order valence-electron chi connectivity index (χ1n) is 8.55. The van der Waals surface area contributed by atoms with Gasteiger partial charge in [-0.15, -0.1) is 0 Å². The van der Waals surface area contributed by atoms with Gasteiger partial charge in [0.25, 0.3) is 0 Å². The second-order valence-electron chi connectivity index (χ2n) is 6.66. The fourth-order valence-corrected chi connectivity index (χ4v) is 4.58. The van der Waals surface area contributed by atoms with Crippen molar-refractivity contribution in [3.05, 3.63) is 78.4 Å². The summed E-state index contributed by atoms with van der Waals surface area (Å²) >= 11 is 0. The Hall–Kier alpha value is -3.16. The van der Waals surface area contributed by atoms with E-state index in [9.17, 15) is 18.3 Å². The first-order chi connectivity index (χ1) is 13.3. The summed E-state index contributed by atoms with van der Waals surface area (Å²) in [6.45, 7) is 1.33. The standard InChI is InChI=1S/C21H17NO5S/c1-21(20(23)24,14-7-3-2-4-8-14)22-28(25,26)15-11-12-19-17(13-15)16-9-5-6-10-18(16)27-19/h2-13,22H,1H3,(H,23,24). The Morgan fingerprint density at radius 3 is 2.29 bits per heavy atom. The van der Waals surface area contributed by atoms with Crippen molar-refractivity contribution in [2.75, 3.05) is 0 Å². The molecule has 0 bridgehead atoms. The fraction of sp³-hybridized carbons (Fsp3) is 0.0952. The number of hydrogen-bond donors (Lipinski definition) is 2. The quantitative estimate of drug-likeness (QED) is 0.535. The molecule has 6 nitrogen and oxygen atoms in total. The van der Waals surface area contributed by atoms with Gasteiger partial charge in [-0.25, -0.2) is 13.2 Å². The third kappa shape index (κ3) is 2.94. The van der Waals surface area contributed by atoms with Crippen molar-refractivity contribution in [3.63, 3.8) is 0 Å². The molecule has 0 radical (unpaired) electrons. The number of aliphatic carboxylic acids is 1. The molecule has 0 amide bonds. The van der Waals surface area contributed by atoms with Crippen LogP contribution < -0.4 is 4.72 Å². The molecule has 0 aliphatic rings. The third-order valence-corrected chi connectivity index (χ3v) is 6.33. The first kappa shape index (κ1) is 18.2. The Kier molecular flexibility index (Phi) is 4.21. The molecule has 1 atom stereocenters. The fourth-order valence-electron chi connectivity index (χ4n) is 3.20. The average Bonchev–Trinajstić information content (AvgIpc) is 3.06. The highest BCUT2D eigenvalue weighted by Crippen LogP contribution is 2.31. The molecule has 1 aromatic heterocycles. The number of benzene rings is 3. The van der Waals surface area contributed by atoms with Gasteiger partial charge in [0.1, 0.15) is 11.2 Å². The lowest BCUT2D eigenvalue weighted by molar-refractivity contribution is -0.143. The van der Waals surface area contributed by atoms with E-state index in [1.165, 1.54) is 19.1 Å². The summed E-state index contributed by atoms with van der Waals surface area (Å²) in [5.41, 5.74) is -0.266. The molecule has 0 aliphatic carbocycles. The predicted molar refractivity (Wildman–Crippen MR) is 105 cm³/mol. The van der Waals surface area contributed by atoms with E-state index < -0.39 is 21.5 Å². The maximum atomic E-state index is 13.0. The summed E-state index contributed by atoms with van der Waals surface area (Å²) in [6, 6.07) is 20.0. The van der Waals surface area contributed by atoms with Crippen LogP contribution in [-0.4, -0.2) is 19.5 Å². The highest BCUT2D eigenvalue weighted by atomic mass is 32.2. The van der Waals surface area contributed by atoms with Crippen molar-refractivity contribution in [2.24, 2.45) is 0 Å². The molecule has 0 fully saturated rings. The molecular formula is C21H17NO5S. The highest BCUT2D eigenvalue weighted by molar-refractivity contribution is 7.89. The zero-order valence-electron chi connectivity index (χ0n) is 14.9. The molecule has 0 saturated carbocycles. The lowest BCUT2D eigenvalue weighted by Gasteiger charge is -2.26. The predicted octanol–water partition coefficient (Wildman–Crippen LogP) is 3.86. The van der Waals surface area contributed by atoms with Crippen LogP contribution >= 0.6 is 0 Å². The van der Waals surface area contributed by atoms with E-state index >= 15 is 0 Å². The Morgan fingerprint density at radius 2 is 1.57 bits per heavy atom. The molecule has 1 unspecified atom stereocenters. The van der Waals surface area contributed by atoms with Crippen LogP contribution in [0, 0.1) is 0 Å². The van der Waals surface area contributed by atoms with Crippen LogP contribution in [0.3, 0.4) is 0 Å². The number of carbonyl (C=O) groups is 1. The summed E-state index contributed by atoms with van der Waals surface area (Å²) in [5.74, 6) is -1.29. The van der Waals surface area contributed by atoms with Crippen molar-refractivity contribution < 1.29 is 22.7 Å². The molecule has 0 spiro atoms. The van der Waals surface area contributed by atoms with Gasteiger partial charge in [-0.1, -0.05) is 48.5 Å². The smallest absolute Gasteiger partial charge is 0.329 e. The highest BCUT2D eigenvalue weighted by Gasteiger charge is 2.39. The van der Waals surface area contributed by atoms with Gasteiger partial charge in [-0.2, -0.15) is 4.72 Å². The van der Waals surface area contributed by atoms with Crippen LogP contribution in [-0.2, 0) is 20.4 Å². The van der Waals surface area contributed by atoms with Gasteiger partial charge in [0, 0.05) is 10.8 Å². The van der Waals surface area contributed by atoms with E-state index in [1.54, 1.807) is 42.5 Å². The maximum absolute atomic E-state index is 13.0. The number of hydrogen-bond acceptors (Lipinski definition) is 4. The van der Waals surface area contributed by atoms with Gasteiger partial charge in [-0.3, -0.25) is 0 Å². The summed E-state index contributed by atoms with van der Waals surface area (Å²) in [6.07, 6.45) is 0. The van der Waals surface area contributed by atoms with Crippen molar-refractivity contribution >= 4 is 37.9 Å². The van der Waals surface area contributed by atoms with Gasteiger partial charge in [0.05, 0.1) is 4.90 Å². The largest absolute Gasteiger partial charge is 0.480 e. The van der Waals surface area contributed by atoms with Gasteiger partial charge in [0.15, 0.2) is 5.54 Å².